The number of ether oxygens (including phenoxy) is 2. The van der Waals surface area contributed by atoms with Crippen molar-refractivity contribution < 1.29 is 19.4 Å². The van der Waals surface area contributed by atoms with E-state index in [1.807, 2.05) is 97.2 Å². The van der Waals surface area contributed by atoms with Crippen LogP contribution in [0.25, 0.3) is 11.0 Å². The van der Waals surface area contributed by atoms with Gasteiger partial charge < -0.3 is 24.8 Å². The molecule has 1 aliphatic heterocycles. The van der Waals surface area contributed by atoms with Crippen molar-refractivity contribution in [2.24, 2.45) is 0 Å². The fourth-order valence-corrected chi connectivity index (χ4v) is 5.35. The van der Waals surface area contributed by atoms with E-state index in [0.29, 0.717) is 17.6 Å². The Morgan fingerprint density at radius 3 is 2.55 bits per heavy atom. The van der Waals surface area contributed by atoms with E-state index in [4.69, 9.17) is 9.47 Å². The summed E-state index contributed by atoms with van der Waals surface area (Å²) in [5, 5.41) is 12.5. The smallest absolute Gasteiger partial charge is 0.275 e. The number of fused-ring (bicyclic) bond motifs is 1. The van der Waals surface area contributed by atoms with Crippen molar-refractivity contribution in [2.75, 3.05) is 25.5 Å². The second-order valence-corrected chi connectivity index (χ2v) is 11.0. The van der Waals surface area contributed by atoms with Gasteiger partial charge in [0.25, 0.3) is 5.91 Å². The predicted octanol–water partition coefficient (Wildman–Crippen LogP) is 5.49. The number of pyridine rings is 1. The molecule has 1 saturated heterocycles. The maximum atomic E-state index is 13.1. The lowest BCUT2D eigenvalue weighted by molar-refractivity contribution is -0.252. The molecule has 0 saturated carbocycles. The highest BCUT2D eigenvalue weighted by molar-refractivity contribution is 6.03. The highest BCUT2D eigenvalue weighted by Crippen LogP contribution is 2.38. The molecule has 0 bridgehead atoms. The molecular formula is C35H35N5O4. The molecule has 1 fully saturated rings. The van der Waals surface area contributed by atoms with Crippen LogP contribution in [0.3, 0.4) is 0 Å². The van der Waals surface area contributed by atoms with E-state index in [1.54, 1.807) is 0 Å². The normalized spacial score (nSPS) is 18.4. The van der Waals surface area contributed by atoms with E-state index in [-0.39, 0.29) is 30.4 Å². The minimum absolute atomic E-state index is 0.00939. The van der Waals surface area contributed by atoms with E-state index in [2.05, 4.69) is 32.2 Å². The molecule has 2 N–H and O–H groups in total. The zero-order valence-electron chi connectivity index (χ0n) is 24.5. The maximum Gasteiger partial charge on any atom is 0.275 e. The number of carbonyl (C=O) groups is 1. The van der Waals surface area contributed by atoms with Crippen LogP contribution in [0.2, 0.25) is 0 Å². The Kier molecular flexibility index (Phi) is 9.28. The lowest BCUT2D eigenvalue weighted by Gasteiger charge is -2.38. The predicted molar refractivity (Wildman–Crippen MR) is 168 cm³/mol. The van der Waals surface area contributed by atoms with Gasteiger partial charge in [0.05, 0.1) is 36.0 Å². The number of aliphatic hydroxyl groups excluding tert-OH is 1. The molecule has 0 radical (unpaired) electrons. The number of amides is 1. The fraction of sp³-hybridized carbons (Fsp3) is 0.257. The Bertz CT molecular complexity index is 1700. The van der Waals surface area contributed by atoms with Gasteiger partial charge in [0, 0.05) is 49.1 Å². The van der Waals surface area contributed by atoms with Crippen molar-refractivity contribution >= 4 is 22.6 Å². The molecule has 1 amide bonds. The summed E-state index contributed by atoms with van der Waals surface area (Å²) < 4.78 is 13.0. The minimum atomic E-state index is -0.641. The summed E-state index contributed by atoms with van der Waals surface area (Å²) in [5.41, 5.74) is 5.96. The van der Waals surface area contributed by atoms with Gasteiger partial charge in [-0.15, -0.1) is 0 Å². The number of rotatable bonds is 10. The average molecular weight is 590 g/mol. The molecule has 9 nitrogen and oxygen atoms in total. The molecule has 0 unspecified atom stereocenters. The quantitative estimate of drug-likeness (QED) is 0.220. The number of hydrogen-bond acceptors (Lipinski definition) is 8. The van der Waals surface area contributed by atoms with Gasteiger partial charge in [-0.1, -0.05) is 54.6 Å². The third-order valence-electron chi connectivity index (χ3n) is 7.70. The van der Waals surface area contributed by atoms with Crippen molar-refractivity contribution in [2.45, 2.75) is 37.9 Å². The second-order valence-electron chi connectivity index (χ2n) is 11.0. The van der Waals surface area contributed by atoms with Gasteiger partial charge in [-0.2, -0.15) is 0 Å². The monoisotopic (exact) mass is 589 g/mol. The molecule has 6 rings (SSSR count). The van der Waals surface area contributed by atoms with Crippen LogP contribution < -0.4 is 5.32 Å². The van der Waals surface area contributed by atoms with Crippen molar-refractivity contribution in [3.05, 3.63) is 131 Å². The summed E-state index contributed by atoms with van der Waals surface area (Å²) in [6, 6.07) is 28.8. The first-order valence-corrected chi connectivity index (χ1v) is 14.8. The Balaban J connectivity index is 1.18. The molecule has 44 heavy (non-hydrogen) atoms. The van der Waals surface area contributed by atoms with E-state index in [0.717, 1.165) is 47.4 Å². The molecule has 0 aliphatic carbocycles. The van der Waals surface area contributed by atoms with E-state index in [9.17, 15) is 9.90 Å². The van der Waals surface area contributed by atoms with Gasteiger partial charge in [0.2, 0.25) is 0 Å². The lowest BCUT2D eigenvalue weighted by Crippen LogP contribution is -2.38. The summed E-state index contributed by atoms with van der Waals surface area (Å²) in [6.07, 6.45) is 3.88. The Morgan fingerprint density at radius 1 is 0.932 bits per heavy atom. The summed E-state index contributed by atoms with van der Waals surface area (Å²) in [4.78, 5) is 28.6. The second kappa shape index (κ2) is 13.8. The van der Waals surface area contributed by atoms with Crippen LogP contribution in [-0.2, 0) is 22.5 Å². The van der Waals surface area contributed by atoms with Crippen LogP contribution in [0, 0.1) is 0 Å². The fourth-order valence-electron chi connectivity index (χ4n) is 5.35. The molecule has 0 spiro atoms. The zero-order valence-corrected chi connectivity index (χ0v) is 24.5. The van der Waals surface area contributed by atoms with E-state index >= 15 is 0 Å². The lowest BCUT2D eigenvalue weighted by atomic mass is 9.99. The Morgan fingerprint density at radius 2 is 1.75 bits per heavy atom. The van der Waals surface area contributed by atoms with Gasteiger partial charge in [-0.25, -0.2) is 4.98 Å². The van der Waals surface area contributed by atoms with Crippen molar-refractivity contribution in [3.63, 3.8) is 0 Å². The van der Waals surface area contributed by atoms with Crippen LogP contribution in [0.1, 0.15) is 51.7 Å². The van der Waals surface area contributed by atoms with Crippen molar-refractivity contribution in [1.82, 2.24) is 19.9 Å². The number of nitrogens with one attached hydrogen (secondary N) is 1. The van der Waals surface area contributed by atoms with Gasteiger partial charge in [0.1, 0.15) is 5.69 Å². The van der Waals surface area contributed by atoms with Crippen molar-refractivity contribution in [3.8, 4) is 0 Å². The summed E-state index contributed by atoms with van der Waals surface area (Å²) in [6.45, 7) is 1.55. The Labute approximate surface area is 256 Å². The van der Waals surface area contributed by atoms with E-state index < -0.39 is 6.29 Å². The van der Waals surface area contributed by atoms with Crippen LogP contribution >= 0.6 is 0 Å². The van der Waals surface area contributed by atoms with Crippen LogP contribution in [0.5, 0.6) is 0 Å². The summed E-state index contributed by atoms with van der Waals surface area (Å²) in [7, 11) is 2.09. The number of aliphatic hydroxyl groups is 1. The van der Waals surface area contributed by atoms with Gasteiger partial charge in [0.15, 0.2) is 6.29 Å². The molecule has 9 heteroatoms. The maximum absolute atomic E-state index is 13.1. The van der Waals surface area contributed by atoms with Gasteiger partial charge in [-0.3, -0.25) is 14.8 Å². The molecular weight excluding hydrogens is 554 g/mol. The minimum Gasteiger partial charge on any atom is -0.392 e. The SMILES string of the molecule is CN(CCc1ccccn1)C[C@H]1C[C@@H](c2ccc(CO)cc2)O[C@@H](c2cccc(NC(=O)c3cnc4ccccc4n3)c2)O1. The number of likely N-dealkylation sites (N-methyl/N-ethyl adjacent to an activating group) is 1. The standard InChI is InChI=1S/C35H35N5O4/c1-40(18-16-27-8-4-5-17-36-27)22-29-20-33(25-14-12-24(23-41)13-15-25)44-35(43-29)26-7-6-9-28(19-26)38-34(42)32-21-37-30-10-2-3-11-31(30)39-32/h2-15,17,19,21,29,33,35,41H,16,18,20,22-23H2,1H3,(H,38,42)/t29-,33+,35+/m1/s1. The first kappa shape index (κ1) is 29.5. The Hall–Kier alpha value is -4.54. The van der Waals surface area contributed by atoms with Gasteiger partial charge in [-0.05, 0) is 54.6 Å². The largest absolute Gasteiger partial charge is 0.392 e. The zero-order chi connectivity index (χ0) is 30.3. The number of hydrogen-bond donors (Lipinski definition) is 2. The molecule has 3 heterocycles. The van der Waals surface area contributed by atoms with Crippen molar-refractivity contribution in [1.29, 1.82) is 0 Å². The summed E-state index contributed by atoms with van der Waals surface area (Å²) in [5.74, 6) is -0.347. The van der Waals surface area contributed by atoms with Crippen LogP contribution in [-0.4, -0.2) is 57.1 Å². The molecule has 3 atom stereocenters. The molecule has 3 aromatic carbocycles. The summed E-state index contributed by atoms with van der Waals surface area (Å²) >= 11 is 0. The third kappa shape index (κ3) is 7.32. The first-order valence-electron chi connectivity index (χ1n) is 14.8. The highest BCUT2D eigenvalue weighted by atomic mass is 16.7. The topological polar surface area (TPSA) is 110 Å². The van der Waals surface area contributed by atoms with Gasteiger partial charge >= 0.3 is 0 Å². The van der Waals surface area contributed by atoms with Crippen LogP contribution in [0.15, 0.2) is 103 Å². The first-order chi connectivity index (χ1) is 21.5. The number of aromatic nitrogens is 3. The average Bonchev–Trinajstić information content (AvgIpc) is 3.07. The number of anilines is 1. The van der Waals surface area contributed by atoms with E-state index in [1.165, 1.54) is 6.20 Å². The third-order valence-corrected chi connectivity index (χ3v) is 7.70. The number of para-hydroxylation sites is 2. The molecule has 224 valence electrons. The molecule has 2 aromatic heterocycles. The molecule has 1 aliphatic rings. The molecule has 5 aromatic rings. The number of carbonyl (C=O) groups excluding carboxylic acids is 1. The van der Waals surface area contributed by atoms with Crippen LogP contribution in [0.4, 0.5) is 5.69 Å². The number of nitrogens with zero attached hydrogens (tertiary/aromatic N) is 4. The number of benzene rings is 3. The highest BCUT2D eigenvalue weighted by Gasteiger charge is 2.33.